The van der Waals surface area contributed by atoms with Gasteiger partial charge in [0.05, 0.1) is 19.2 Å². The fraction of sp³-hybridized carbons (Fsp3) is 0.375. The number of rotatable bonds is 12. The van der Waals surface area contributed by atoms with Gasteiger partial charge in [-0.15, -0.1) is 11.3 Å². The molecule has 0 unspecified atom stereocenters. The first-order chi connectivity index (χ1) is 20.6. The van der Waals surface area contributed by atoms with Crippen molar-refractivity contribution >= 4 is 52.9 Å². The van der Waals surface area contributed by atoms with Crippen molar-refractivity contribution in [2.75, 3.05) is 26.8 Å². The molecule has 0 N–H and O–H groups in total. The van der Waals surface area contributed by atoms with Crippen molar-refractivity contribution < 1.29 is 23.4 Å². The lowest BCUT2D eigenvalue weighted by atomic mass is 9.99. The van der Waals surface area contributed by atoms with Crippen LogP contribution in [0.1, 0.15) is 33.0 Å². The summed E-state index contributed by atoms with van der Waals surface area (Å²) in [4.78, 5) is 20.8. The average molecular weight is 642 g/mol. The summed E-state index contributed by atoms with van der Waals surface area (Å²) in [6.07, 6.45) is 3.13. The third kappa shape index (κ3) is 8.13. The highest BCUT2D eigenvalue weighted by Crippen LogP contribution is 2.30. The predicted octanol–water partition coefficient (Wildman–Crippen LogP) is 7.86. The van der Waals surface area contributed by atoms with Gasteiger partial charge in [-0.3, -0.25) is 4.90 Å². The standard InChI is InChI=1S/C32H37ClFN3O4SSi/c1-39-32(38)29-18-28-31(42-29)35-30(37(28)21-40-14-15-43(2,3)4)19-36-12-10-22(11-13-36)23-6-5-7-26(16-23)41-20-24-8-9-25(33)17-27(24)34/h5-10,16-18H,11-15,19-21H2,1-4H3. The summed E-state index contributed by atoms with van der Waals surface area (Å²) < 4.78 is 33.2. The summed E-state index contributed by atoms with van der Waals surface area (Å²) >= 11 is 7.21. The summed E-state index contributed by atoms with van der Waals surface area (Å²) in [7, 11) is 0.181. The zero-order chi connectivity index (χ0) is 30.6. The number of hydrogen-bond donors (Lipinski definition) is 0. The zero-order valence-electron chi connectivity index (χ0n) is 25.0. The molecule has 0 aliphatic carbocycles. The van der Waals surface area contributed by atoms with E-state index in [-0.39, 0.29) is 18.4 Å². The number of aromatic nitrogens is 2. The fourth-order valence-corrected chi connectivity index (χ4v) is 6.75. The zero-order valence-corrected chi connectivity index (χ0v) is 27.6. The van der Waals surface area contributed by atoms with Crippen molar-refractivity contribution in [3.63, 3.8) is 0 Å². The molecule has 0 amide bonds. The Labute approximate surface area is 261 Å². The second kappa shape index (κ2) is 13.7. The van der Waals surface area contributed by atoms with Crippen molar-refractivity contribution in [3.8, 4) is 5.75 Å². The van der Waals surface area contributed by atoms with Crippen molar-refractivity contribution in [3.05, 3.63) is 87.3 Å². The van der Waals surface area contributed by atoms with E-state index < -0.39 is 8.07 Å². The van der Waals surface area contributed by atoms with Gasteiger partial charge in [0.25, 0.3) is 0 Å². The van der Waals surface area contributed by atoms with Crippen molar-refractivity contribution in [2.24, 2.45) is 0 Å². The predicted molar refractivity (Wildman–Crippen MR) is 173 cm³/mol. The second-order valence-electron chi connectivity index (χ2n) is 11.9. The number of methoxy groups -OCH3 is 1. The van der Waals surface area contributed by atoms with Gasteiger partial charge in [0.2, 0.25) is 0 Å². The third-order valence-corrected chi connectivity index (χ3v) is 10.3. The number of thiophene rings is 1. The molecule has 0 fully saturated rings. The molecule has 0 spiro atoms. The lowest BCUT2D eigenvalue weighted by Gasteiger charge is -2.26. The third-order valence-electron chi connectivity index (χ3n) is 7.40. The van der Waals surface area contributed by atoms with Crippen LogP contribution in [-0.4, -0.2) is 55.3 Å². The maximum atomic E-state index is 14.2. The van der Waals surface area contributed by atoms with Crippen LogP contribution in [0, 0.1) is 5.82 Å². The molecule has 43 heavy (non-hydrogen) atoms. The van der Waals surface area contributed by atoms with Gasteiger partial charge in [-0.1, -0.05) is 55.5 Å². The smallest absolute Gasteiger partial charge is 0.348 e. The van der Waals surface area contributed by atoms with E-state index >= 15 is 0 Å². The number of hydrogen-bond acceptors (Lipinski definition) is 7. The van der Waals surface area contributed by atoms with Crippen LogP contribution in [0.25, 0.3) is 15.9 Å². The molecule has 0 radical (unpaired) electrons. The van der Waals surface area contributed by atoms with E-state index in [4.69, 9.17) is 30.8 Å². The van der Waals surface area contributed by atoms with E-state index in [9.17, 15) is 9.18 Å². The van der Waals surface area contributed by atoms with Crippen LogP contribution in [0.3, 0.4) is 0 Å². The van der Waals surface area contributed by atoms with Gasteiger partial charge in [-0.2, -0.15) is 0 Å². The second-order valence-corrected chi connectivity index (χ2v) is 19.0. The molecule has 0 atom stereocenters. The minimum atomic E-state index is -1.21. The molecule has 0 saturated carbocycles. The van der Waals surface area contributed by atoms with E-state index in [2.05, 4.69) is 41.3 Å². The Morgan fingerprint density at radius 1 is 1.16 bits per heavy atom. The Morgan fingerprint density at radius 3 is 2.72 bits per heavy atom. The number of halogens is 2. The minimum Gasteiger partial charge on any atom is -0.489 e. The molecular formula is C32H37ClFN3O4SSi. The molecule has 1 aliphatic rings. The van der Waals surface area contributed by atoms with Crippen molar-refractivity contribution in [1.82, 2.24) is 14.5 Å². The summed E-state index contributed by atoms with van der Waals surface area (Å²) in [6.45, 7) is 10.6. The number of ether oxygens (including phenoxy) is 3. The maximum Gasteiger partial charge on any atom is 0.348 e. The molecule has 4 aromatic rings. The highest BCUT2D eigenvalue weighted by Gasteiger charge is 2.22. The van der Waals surface area contributed by atoms with Gasteiger partial charge < -0.3 is 18.8 Å². The lowest BCUT2D eigenvalue weighted by Crippen LogP contribution is -2.29. The molecule has 2 aromatic carbocycles. The minimum absolute atomic E-state index is 0.131. The van der Waals surface area contributed by atoms with Crippen LogP contribution in [-0.2, 0) is 29.4 Å². The Balaban J connectivity index is 1.25. The number of carbonyl (C=O) groups is 1. The molecule has 0 saturated heterocycles. The maximum absolute atomic E-state index is 14.2. The quantitative estimate of drug-likeness (QED) is 0.0891. The van der Waals surface area contributed by atoms with E-state index in [1.807, 2.05) is 24.3 Å². The molecule has 5 rings (SSSR count). The van der Waals surface area contributed by atoms with Crippen LogP contribution in [0.4, 0.5) is 4.39 Å². The van der Waals surface area contributed by atoms with E-state index in [0.717, 1.165) is 47.3 Å². The molecule has 0 bridgehead atoms. The normalized spacial score (nSPS) is 14.2. The lowest BCUT2D eigenvalue weighted by molar-refractivity contribution is 0.0606. The van der Waals surface area contributed by atoms with E-state index in [1.165, 1.54) is 30.1 Å². The van der Waals surface area contributed by atoms with E-state index in [1.54, 1.807) is 12.1 Å². The highest BCUT2D eigenvalue weighted by atomic mass is 35.5. The number of carbonyl (C=O) groups excluding carboxylic acids is 1. The van der Waals surface area contributed by atoms with Gasteiger partial charge in [0.1, 0.15) is 40.4 Å². The number of fused-ring (bicyclic) bond motifs is 1. The van der Waals surface area contributed by atoms with Gasteiger partial charge in [0.15, 0.2) is 0 Å². The summed E-state index contributed by atoms with van der Waals surface area (Å²) in [6, 6.07) is 15.5. The summed E-state index contributed by atoms with van der Waals surface area (Å²) in [5, 5.41) is 0.365. The van der Waals surface area contributed by atoms with Crippen LogP contribution >= 0.6 is 22.9 Å². The fourth-order valence-electron chi connectivity index (χ4n) is 4.86. The first kappa shape index (κ1) is 31.4. The highest BCUT2D eigenvalue weighted by molar-refractivity contribution is 7.20. The van der Waals surface area contributed by atoms with Gasteiger partial charge in [-0.25, -0.2) is 14.2 Å². The largest absolute Gasteiger partial charge is 0.489 e. The average Bonchev–Trinajstić information content (AvgIpc) is 3.52. The molecule has 7 nitrogen and oxygen atoms in total. The number of benzene rings is 2. The molecular weight excluding hydrogens is 605 g/mol. The molecule has 3 heterocycles. The number of imidazole rings is 1. The Hall–Kier alpha value is -3.02. The topological polar surface area (TPSA) is 65.8 Å². The first-order valence-electron chi connectivity index (χ1n) is 14.3. The Morgan fingerprint density at radius 2 is 2.00 bits per heavy atom. The Bertz CT molecular complexity index is 1630. The Kier molecular flexibility index (Phi) is 10.0. The number of esters is 1. The van der Waals surface area contributed by atoms with E-state index in [0.29, 0.717) is 41.1 Å². The van der Waals surface area contributed by atoms with Crippen LogP contribution in [0.2, 0.25) is 30.7 Å². The number of nitrogens with zero attached hydrogens (tertiary/aromatic N) is 3. The van der Waals surface area contributed by atoms with Crippen molar-refractivity contribution in [2.45, 2.75) is 52.0 Å². The summed E-state index contributed by atoms with van der Waals surface area (Å²) in [5.74, 6) is 0.891. The molecule has 2 aromatic heterocycles. The van der Waals surface area contributed by atoms with Gasteiger partial charge in [-0.05, 0) is 53.9 Å². The van der Waals surface area contributed by atoms with Crippen LogP contribution < -0.4 is 4.74 Å². The molecule has 11 heteroatoms. The van der Waals surface area contributed by atoms with Gasteiger partial charge >= 0.3 is 5.97 Å². The van der Waals surface area contributed by atoms with Gasteiger partial charge in [0, 0.05) is 38.4 Å². The van der Waals surface area contributed by atoms with Crippen LogP contribution in [0.15, 0.2) is 54.6 Å². The molecule has 228 valence electrons. The van der Waals surface area contributed by atoms with Crippen molar-refractivity contribution in [1.29, 1.82) is 0 Å². The summed E-state index contributed by atoms with van der Waals surface area (Å²) in [5.41, 5.74) is 3.71. The first-order valence-corrected chi connectivity index (χ1v) is 19.2. The SMILES string of the molecule is COC(=O)c1cc2c(nc(CN3CC=C(c4cccc(OCc5ccc(Cl)cc5F)c4)CC3)n2COCC[Si](C)(C)C)s1. The monoisotopic (exact) mass is 641 g/mol. The van der Waals surface area contributed by atoms with Crippen LogP contribution in [0.5, 0.6) is 5.75 Å². The molecule has 1 aliphatic heterocycles.